The molecule has 1 aromatic rings. The molecule has 0 bridgehead atoms. The SMILES string of the molecule is CCCOCc1nc(CC(C)NCC)cs1. The quantitative estimate of drug-likeness (QED) is 0.712. The number of nitrogens with zero attached hydrogens (tertiary/aromatic N) is 1. The number of nitrogens with one attached hydrogen (secondary N) is 1. The highest BCUT2D eigenvalue weighted by molar-refractivity contribution is 7.09. The van der Waals surface area contributed by atoms with Gasteiger partial charge in [0, 0.05) is 24.4 Å². The molecule has 1 heterocycles. The van der Waals surface area contributed by atoms with Crippen LogP contribution in [0.15, 0.2) is 5.38 Å². The van der Waals surface area contributed by atoms with Crippen LogP contribution in [-0.2, 0) is 17.8 Å². The first-order chi connectivity index (χ1) is 7.76. The average Bonchev–Trinajstić information content (AvgIpc) is 2.66. The lowest BCUT2D eigenvalue weighted by Gasteiger charge is -2.09. The molecular weight excluding hydrogens is 220 g/mol. The second kappa shape index (κ2) is 7.76. The van der Waals surface area contributed by atoms with E-state index < -0.39 is 0 Å². The second-order valence-electron chi connectivity index (χ2n) is 3.95. The first-order valence-electron chi connectivity index (χ1n) is 6.00. The van der Waals surface area contributed by atoms with E-state index in [-0.39, 0.29) is 0 Å². The number of ether oxygens (including phenoxy) is 1. The van der Waals surface area contributed by atoms with Crippen molar-refractivity contribution >= 4 is 11.3 Å². The van der Waals surface area contributed by atoms with Crippen molar-refractivity contribution in [1.82, 2.24) is 10.3 Å². The molecular formula is C12H22N2OS. The lowest BCUT2D eigenvalue weighted by atomic mass is 10.2. The van der Waals surface area contributed by atoms with E-state index in [2.05, 4.69) is 36.5 Å². The highest BCUT2D eigenvalue weighted by Gasteiger charge is 2.06. The minimum Gasteiger partial charge on any atom is -0.374 e. The maximum absolute atomic E-state index is 5.47. The van der Waals surface area contributed by atoms with Crippen LogP contribution in [0.1, 0.15) is 37.9 Å². The van der Waals surface area contributed by atoms with E-state index >= 15 is 0 Å². The number of likely N-dealkylation sites (N-methyl/N-ethyl adjacent to an activating group) is 1. The van der Waals surface area contributed by atoms with Crippen LogP contribution in [0.5, 0.6) is 0 Å². The molecule has 4 heteroatoms. The third-order valence-electron chi connectivity index (χ3n) is 2.24. The molecule has 0 saturated carbocycles. The van der Waals surface area contributed by atoms with Crippen LogP contribution in [0, 0.1) is 0 Å². The van der Waals surface area contributed by atoms with E-state index in [1.54, 1.807) is 11.3 Å². The molecule has 16 heavy (non-hydrogen) atoms. The molecule has 92 valence electrons. The topological polar surface area (TPSA) is 34.1 Å². The maximum atomic E-state index is 5.47. The van der Waals surface area contributed by atoms with Gasteiger partial charge in [-0.1, -0.05) is 13.8 Å². The molecule has 0 aliphatic carbocycles. The van der Waals surface area contributed by atoms with Gasteiger partial charge >= 0.3 is 0 Å². The van der Waals surface area contributed by atoms with Gasteiger partial charge in [-0.15, -0.1) is 11.3 Å². The van der Waals surface area contributed by atoms with Gasteiger partial charge in [0.25, 0.3) is 0 Å². The summed E-state index contributed by atoms with van der Waals surface area (Å²) in [5, 5.41) is 6.62. The average molecular weight is 242 g/mol. The van der Waals surface area contributed by atoms with Gasteiger partial charge in [0.1, 0.15) is 5.01 Å². The molecule has 1 unspecified atom stereocenters. The zero-order valence-corrected chi connectivity index (χ0v) is 11.3. The van der Waals surface area contributed by atoms with E-state index in [9.17, 15) is 0 Å². The molecule has 0 aliphatic heterocycles. The van der Waals surface area contributed by atoms with E-state index in [0.717, 1.165) is 31.0 Å². The fourth-order valence-electron chi connectivity index (χ4n) is 1.55. The van der Waals surface area contributed by atoms with Gasteiger partial charge in [-0.25, -0.2) is 4.98 Å². The van der Waals surface area contributed by atoms with Crippen molar-refractivity contribution in [3.05, 3.63) is 16.1 Å². The minimum atomic E-state index is 0.497. The van der Waals surface area contributed by atoms with E-state index in [1.165, 1.54) is 5.69 Å². The van der Waals surface area contributed by atoms with Gasteiger partial charge < -0.3 is 10.1 Å². The summed E-state index contributed by atoms with van der Waals surface area (Å²) in [5.74, 6) is 0. The molecule has 1 N–H and O–H groups in total. The molecule has 0 saturated heterocycles. The van der Waals surface area contributed by atoms with Crippen molar-refractivity contribution < 1.29 is 4.74 Å². The van der Waals surface area contributed by atoms with Crippen LogP contribution in [0.4, 0.5) is 0 Å². The number of hydrogen-bond donors (Lipinski definition) is 1. The summed E-state index contributed by atoms with van der Waals surface area (Å²) in [4.78, 5) is 4.56. The van der Waals surface area contributed by atoms with Crippen LogP contribution in [0.3, 0.4) is 0 Å². The Morgan fingerprint density at radius 1 is 1.50 bits per heavy atom. The number of aromatic nitrogens is 1. The molecule has 0 aliphatic rings. The van der Waals surface area contributed by atoms with Crippen LogP contribution in [0.2, 0.25) is 0 Å². The normalized spacial score (nSPS) is 12.9. The van der Waals surface area contributed by atoms with Gasteiger partial charge in [0.05, 0.1) is 12.3 Å². The van der Waals surface area contributed by atoms with Crippen LogP contribution >= 0.6 is 11.3 Å². The summed E-state index contributed by atoms with van der Waals surface area (Å²) in [6, 6.07) is 0.497. The highest BCUT2D eigenvalue weighted by atomic mass is 32.1. The van der Waals surface area contributed by atoms with Crippen molar-refractivity contribution in [2.24, 2.45) is 0 Å². The van der Waals surface area contributed by atoms with Gasteiger partial charge in [-0.05, 0) is 19.9 Å². The Balaban J connectivity index is 2.33. The van der Waals surface area contributed by atoms with E-state index in [4.69, 9.17) is 4.74 Å². The van der Waals surface area contributed by atoms with Gasteiger partial charge in [0.15, 0.2) is 0 Å². The smallest absolute Gasteiger partial charge is 0.119 e. The molecule has 0 fully saturated rings. The Morgan fingerprint density at radius 2 is 2.31 bits per heavy atom. The summed E-state index contributed by atoms with van der Waals surface area (Å²) in [6.45, 7) is 8.93. The number of thiazole rings is 1. The highest BCUT2D eigenvalue weighted by Crippen LogP contribution is 2.12. The summed E-state index contributed by atoms with van der Waals surface area (Å²) >= 11 is 1.70. The summed E-state index contributed by atoms with van der Waals surface area (Å²) in [7, 11) is 0. The molecule has 3 nitrogen and oxygen atoms in total. The predicted molar refractivity (Wildman–Crippen MR) is 68.9 cm³/mol. The molecule has 1 rings (SSSR count). The second-order valence-corrected chi connectivity index (χ2v) is 4.89. The fourth-order valence-corrected chi connectivity index (χ4v) is 2.29. The Labute approximate surface area is 102 Å². The van der Waals surface area contributed by atoms with Crippen molar-refractivity contribution in [1.29, 1.82) is 0 Å². The predicted octanol–water partition coefficient (Wildman–Crippen LogP) is 2.61. The Morgan fingerprint density at radius 3 is 3.00 bits per heavy atom. The standard InChI is InChI=1S/C12H22N2OS/c1-4-6-15-8-12-14-11(9-16-12)7-10(3)13-5-2/h9-10,13H,4-8H2,1-3H3. The monoisotopic (exact) mass is 242 g/mol. The molecule has 0 radical (unpaired) electrons. The molecule has 0 spiro atoms. The third-order valence-corrected chi connectivity index (χ3v) is 3.11. The fraction of sp³-hybridized carbons (Fsp3) is 0.750. The largest absolute Gasteiger partial charge is 0.374 e. The Bertz CT molecular complexity index is 288. The molecule has 1 aromatic heterocycles. The lowest BCUT2D eigenvalue weighted by Crippen LogP contribution is -2.27. The van der Waals surface area contributed by atoms with Gasteiger partial charge in [-0.3, -0.25) is 0 Å². The summed E-state index contributed by atoms with van der Waals surface area (Å²) < 4.78 is 5.47. The Kier molecular flexibility index (Phi) is 6.61. The molecule has 1 atom stereocenters. The maximum Gasteiger partial charge on any atom is 0.119 e. The molecule has 0 aromatic carbocycles. The zero-order chi connectivity index (χ0) is 11.8. The minimum absolute atomic E-state index is 0.497. The summed E-state index contributed by atoms with van der Waals surface area (Å²) in [6.07, 6.45) is 2.06. The molecule has 0 amide bonds. The van der Waals surface area contributed by atoms with Crippen molar-refractivity contribution in [3.8, 4) is 0 Å². The number of rotatable bonds is 8. The van der Waals surface area contributed by atoms with E-state index in [0.29, 0.717) is 12.6 Å². The first kappa shape index (κ1) is 13.6. The lowest BCUT2D eigenvalue weighted by molar-refractivity contribution is 0.121. The van der Waals surface area contributed by atoms with Gasteiger partial charge in [-0.2, -0.15) is 0 Å². The van der Waals surface area contributed by atoms with E-state index in [1.807, 2.05) is 0 Å². The third kappa shape index (κ3) is 5.05. The van der Waals surface area contributed by atoms with Gasteiger partial charge in [0.2, 0.25) is 0 Å². The van der Waals surface area contributed by atoms with Crippen LogP contribution in [-0.4, -0.2) is 24.2 Å². The van der Waals surface area contributed by atoms with Crippen LogP contribution < -0.4 is 5.32 Å². The zero-order valence-electron chi connectivity index (χ0n) is 10.5. The van der Waals surface area contributed by atoms with Crippen LogP contribution in [0.25, 0.3) is 0 Å². The summed E-state index contributed by atoms with van der Waals surface area (Å²) in [5.41, 5.74) is 1.17. The van der Waals surface area contributed by atoms with Crippen molar-refractivity contribution in [2.75, 3.05) is 13.2 Å². The van der Waals surface area contributed by atoms with Crippen molar-refractivity contribution in [2.45, 2.75) is 46.3 Å². The Hall–Kier alpha value is -0.450. The van der Waals surface area contributed by atoms with Crippen molar-refractivity contribution in [3.63, 3.8) is 0 Å². The number of hydrogen-bond acceptors (Lipinski definition) is 4. The first-order valence-corrected chi connectivity index (χ1v) is 6.88.